The Labute approximate surface area is 152 Å². The predicted octanol–water partition coefficient (Wildman–Crippen LogP) is 3.33. The highest BCUT2D eigenvalue weighted by atomic mass is 16.1. The van der Waals surface area contributed by atoms with Crippen LogP contribution in [0.15, 0.2) is 60.8 Å². The van der Waals surface area contributed by atoms with Gasteiger partial charge in [-0.05, 0) is 37.1 Å². The van der Waals surface area contributed by atoms with Crippen molar-refractivity contribution in [3.63, 3.8) is 0 Å². The average Bonchev–Trinajstić information content (AvgIpc) is 3.24. The minimum Gasteiger partial charge on any atom is -0.371 e. The lowest BCUT2D eigenvalue weighted by Crippen LogP contribution is -2.38. The molecule has 132 valence electrons. The third-order valence-corrected chi connectivity index (χ3v) is 4.85. The van der Waals surface area contributed by atoms with E-state index in [1.807, 2.05) is 30.3 Å². The van der Waals surface area contributed by atoms with Crippen molar-refractivity contribution in [1.82, 2.24) is 15.4 Å². The molecule has 0 saturated carbocycles. The van der Waals surface area contributed by atoms with E-state index in [0.717, 1.165) is 42.9 Å². The van der Waals surface area contributed by atoms with Crippen LogP contribution >= 0.6 is 0 Å². The number of hydrogen-bond acceptors (Lipinski definition) is 4. The van der Waals surface area contributed by atoms with Gasteiger partial charge in [0.25, 0.3) is 0 Å². The van der Waals surface area contributed by atoms with E-state index in [1.54, 1.807) is 6.20 Å². The normalized spacial score (nSPS) is 15.0. The zero-order chi connectivity index (χ0) is 17.8. The fourth-order valence-electron chi connectivity index (χ4n) is 3.35. The Morgan fingerprint density at radius 3 is 2.42 bits per heavy atom. The Balaban J connectivity index is 1.34. The lowest BCUT2D eigenvalue weighted by Gasteiger charge is -2.33. The van der Waals surface area contributed by atoms with Gasteiger partial charge in [-0.1, -0.05) is 30.3 Å². The summed E-state index contributed by atoms with van der Waals surface area (Å²) in [5, 5.41) is 13.6. The van der Waals surface area contributed by atoms with Crippen molar-refractivity contribution in [3.05, 3.63) is 60.8 Å². The summed E-state index contributed by atoms with van der Waals surface area (Å²) in [7, 11) is 0. The summed E-state index contributed by atoms with van der Waals surface area (Å²) in [4.78, 5) is 14.8. The summed E-state index contributed by atoms with van der Waals surface area (Å²) in [5.74, 6) is 0.193. The molecule has 6 nitrogen and oxygen atoms in total. The van der Waals surface area contributed by atoms with Crippen LogP contribution in [0.2, 0.25) is 0 Å². The molecule has 0 spiro atoms. The van der Waals surface area contributed by atoms with E-state index in [1.165, 1.54) is 5.69 Å². The number of aromatic nitrogens is 3. The van der Waals surface area contributed by atoms with Gasteiger partial charge in [-0.2, -0.15) is 15.4 Å². The standard InChI is InChI=1S/C20H21N5O/c26-20(22-17-4-2-1-3-5-17)16-10-12-25(13-11-16)18-8-6-15(7-9-18)19-14-21-24-23-19/h1-9,14,16H,10-13H2,(H,22,26)(H,21,23,24). The van der Waals surface area contributed by atoms with Crippen LogP contribution in [0, 0.1) is 5.92 Å². The molecule has 26 heavy (non-hydrogen) atoms. The van der Waals surface area contributed by atoms with Crippen LogP contribution < -0.4 is 10.2 Å². The summed E-state index contributed by atoms with van der Waals surface area (Å²) in [6.45, 7) is 1.77. The van der Waals surface area contributed by atoms with Crippen LogP contribution in [0.5, 0.6) is 0 Å². The SMILES string of the molecule is O=C(Nc1ccccc1)C1CCN(c2ccc(-c3cn[nH]n3)cc2)CC1. The van der Waals surface area contributed by atoms with Crippen LogP contribution in [-0.2, 0) is 4.79 Å². The number of H-pyrrole nitrogens is 1. The van der Waals surface area contributed by atoms with E-state index in [4.69, 9.17) is 0 Å². The zero-order valence-electron chi connectivity index (χ0n) is 14.4. The van der Waals surface area contributed by atoms with Crippen molar-refractivity contribution in [2.24, 2.45) is 5.92 Å². The van der Waals surface area contributed by atoms with Crippen molar-refractivity contribution in [2.45, 2.75) is 12.8 Å². The Hall–Kier alpha value is -3.15. The molecule has 1 aliphatic heterocycles. The molecule has 2 heterocycles. The van der Waals surface area contributed by atoms with Crippen molar-refractivity contribution in [1.29, 1.82) is 0 Å². The second-order valence-corrected chi connectivity index (χ2v) is 6.52. The maximum absolute atomic E-state index is 12.4. The number of para-hydroxylation sites is 1. The molecule has 2 aromatic carbocycles. The van der Waals surface area contributed by atoms with E-state index in [9.17, 15) is 4.79 Å². The number of benzene rings is 2. The Bertz CT molecular complexity index is 838. The van der Waals surface area contributed by atoms with Gasteiger partial charge in [0.05, 0.1) is 6.20 Å². The first-order valence-corrected chi connectivity index (χ1v) is 8.87. The van der Waals surface area contributed by atoms with Crippen molar-refractivity contribution in [3.8, 4) is 11.3 Å². The van der Waals surface area contributed by atoms with Gasteiger partial charge in [-0.15, -0.1) is 0 Å². The highest BCUT2D eigenvalue weighted by Gasteiger charge is 2.25. The second kappa shape index (κ2) is 7.39. The van der Waals surface area contributed by atoms with Crippen LogP contribution in [0.1, 0.15) is 12.8 Å². The first-order valence-electron chi connectivity index (χ1n) is 8.87. The van der Waals surface area contributed by atoms with Gasteiger partial charge in [-0.3, -0.25) is 4.79 Å². The predicted molar refractivity (Wildman–Crippen MR) is 102 cm³/mol. The second-order valence-electron chi connectivity index (χ2n) is 6.52. The largest absolute Gasteiger partial charge is 0.371 e. The van der Waals surface area contributed by atoms with Crippen molar-refractivity contribution < 1.29 is 4.79 Å². The third-order valence-electron chi connectivity index (χ3n) is 4.85. The van der Waals surface area contributed by atoms with Gasteiger partial charge >= 0.3 is 0 Å². The topological polar surface area (TPSA) is 73.9 Å². The van der Waals surface area contributed by atoms with Gasteiger partial charge < -0.3 is 10.2 Å². The third kappa shape index (κ3) is 3.59. The lowest BCUT2D eigenvalue weighted by molar-refractivity contribution is -0.120. The molecule has 1 amide bonds. The number of rotatable bonds is 4. The summed E-state index contributed by atoms with van der Waals surface area (Å²) in [6.07, 6.45) is 3.44. The van der Waals surface area contributed by atoms with Crippen molar-refractivity contribution >= 4 is 17.3 Å². The minimum absolute atomic E-state index is 0.0702. The van der Waals surface area contributed by atoms with E-state index < -0.39 is 0 Å². The smallest absolute Gasteiger partial charge is 0.227 e. The molecule has 1 fully saturated rings. The van der Waals surface area contributed by atoms with Crippen molar-refractivity contribution in [2.75, 3.05) is 23.3 Å². The summed E-state index contributed by atoms with van der Waals surface area (Å²) >= 11 is 0. The van der Waals surface area contributed by atoms with E-state index in [0.29, 0.717) is 0 Å². The Kier molecular flexibility index (Phi) is 4.64. The molecule has 0 aliphatic carbocycles. The molecular formula is C20H21N5O. The van der Waals surface area contributed by atoms with E-state index in [-0.39, 0.29) is 11.8 Å². The molecule has 0 unspecified atom stereocenters. The van der Waals surface area contributed by atoms with Crippen LogP contribution in [0.25, 0.3) is 11.3 Å². The molecule has 0 atom stereocenters. The molecule has 1 aliphatic rings. The number of nitrogens with zero attached hydrogens (tertiary/aromatic N) is 3. The number of piperidine rings is 1. The number of anilines is 2. The number of amides is 1. The van der Waals surface area contributed by atoms with Gasteiger partial charge in [-0.25, -0.2) is 0 Å². The molecule has 0 bridgehead atoms. The van der Waals surface area contributed by atoms with E-state index >= 15 is 0 Å². The van der Waals surface area contributed by atoms with Gasteiger partial charge in [0.1, 0.15) is 5.69 Å². The Morgan fingerprint density at radius 1 is 1.04 bits per heavy atom. The number of carbonyl (C=O) groups is 1. The number of aromatic amines is 1. The van der Waals surface area contributed by atoms with E-state index in [2.05, 4.69) is 49.9 Å². The van der Waals surface area contributed by atoms with Crippen LogP contribution in [0.3, 0.4) is 0 Å². The maximum Gasteiger partial charge on any atom is 0.227 e. The molecule has 1 saturated heterocycles. The first kappa shape index (κ1) is 16.3. The molecule has 1 aromatic heterocycles. The average molecular weight is 347 g/mol. The highest BCUT2D eigenvalue weighted by Crippen LogP contribution is 2.26. The number of hydrogen-bond donors (Lipinski definition) is 2. The summed E-state index contributed by atoms with van der Waals surface area (Å²) < 4.78 is 0. The number of nitrogens with one attached hydrogen (secondary N) is 2. The fraction of sp³-hybridized carbons (Fsp3) is 0.250. The lowest BCUT2D eigenvalue weighted by atomic mass is 9.95. The Morgan fingerprint density at radius 2 is 1.77 bits per heavy atom. The molecule has 6 heteroatoms. The summed E-state index contributed by atoms with van der Waals surface area (Å²) in [6, 6.07) is 18.0. The number of carbonyl (C=O) groups excluding carboxylic acids is 1. The van der Waals surface area contributed by atoms with Crippen LogP contribution in [0.4, 0.5) is 11.4 Å². The quantitative estimate of drug-likeness (QED) is 0.759. The summed E-state index contributed by atoms with van der Waals surface area (Å²) in [5.41, 5.74) is 3.93. The molecule has 4 rings (SSSR count). The maximum atomic E-state index is 12.4. The highest BCUT2D eigenvalue weighted by molar-refractivity contribution is 5.92. The van der Waals surface area contributed by atoms with Gasteiger partial charge in [0.15, 0.2) is 0 Å². The zero-order valence-corrected chi connectivity index (χ0v) is 14.4. The fourth-order valence-corrected chi connectivity index (χ4v) is 3.35. The molecule has 0 radical (unpaired) electrons. The molecular weight excluding hydrogens is 326 g/mol. The monoisotopic (exact) mass is 347 g/mol. The van der Waals surface area contributed by atoms with Gasteiger partial charge in [0, 0.05) is 35.9 Å². The van der Waals surface area contributed by atoms with Gasteiger partial charge in [0.2, 0.25) is 5.91 Å². The molecule has 3 aromatic rings. The van der Waals surface area contributed by atoms with Crippen LogP contribution in [-0.4, -0.2) is 34.4 Å². The first-order chi connectivity index (χ1) is 12.8. The molecule has 2 N–H and O–H groups in total. The minimum atomic E-state index is 0.0702.